The summed E-state index contributed by atoms with van der Waals surface area (Å²) in [6, 6.07) is 0.143. The first-order valence-electron chi connectivity index (χ1n) is 5.73. The molecule has 0 saturated carbocycles. The van der Waals surface area contributed by atoms with Crippen LogP contribution in [0.25, 0.3) is 0 Å². The number of aryl methyl sites for hydroxylation is 1. The largest absolute Gasteiger partial charge is 0.408 e. The minimum absolute atomic E-state index is 0.143. The van der Waals surface area contributed by atoms with E-state index in [-0.39, 0.29) is 23.6 Å². The fourth-order valence-electron chi connectivity index (χ4n) is 1.20. The van der Waals surface area contributed by atoms with Crippen LogP contribution in [-0.2, 0) is 4.79 Å². The molecule has 0 aliphatic rings. The van der Waals surface area contributed by atoms with Gasteiger partial charge in [0.25, 0.3) is 0 Å². The first kappa shape index (κ1) is 14.0. The van der Waals surface area contributed by atoms with Gasteiger partial charge < -0.3 is 4.42 Å². The van der Waals surface area contributed by atoms with Crippen molar-refractivity contribution in [3.8, 4) is 0 Å². The van der Waals surface area contributed by atoms with Gasteiger partial charge in [-0.15, -0.1) is 16.4 Å². The Morgan fingerprint density at radius 2 is 2.32 bits per heavy atom. The maximum absolute atomic E-state index is 11.7. The fourth-order valence-corrected chi connectivity index (χ4v) is 2.85. The highest BCUT2D eigenvalue weighted by Gasteiger charge is 2.12. The van der Waals surface area contributed by atoms with Crippen molar-refractivity contribution in [2.75, 3.05) is 11.1 Å². The summed E-state index contributed by atoms with van der Waals surface area (Å²) in [5, 5.41) is 12.1. The third-order valence-electron chi connectivity index (χ3n) is 2.11. The lowest BCUT2D eigenvalue weighted by atomic mass is 10.2. The molecule has 0 aliphatic heterocycles. The monoisotopic (exact) mass is 298 g/mol. The molecule has 8 heteroatoms. The number of rotatable bonds is 5. The topological polar surface area (TPSA) is 80.9 Å². The van der Waals surface area contributed by atoms with Gasteiger partial charge in [-0.25, -0.2) is 4.98 Å². The van der Waals surface area contributed by atoms with E-state index in [2.05, 4.69) is 20.5 Å². The van der Waals surface area contributed by atoms with Crippen LogP contribution in [0.5, 0.6) is 0 Å². The van der Waals surface area contributed by atoms with Gasteiger partial charge in [0.2, 0.25) is 11.8 Å². The summed E-state index contributed by atoms with van der Waals surface area (Å²) in [5.74, 6) is 0.743. The Bertz CT molecular complexity index is 565. The van der Waals surface area contributed by atoms with Crippen LogP contribution in [0.3, 0.4) is 0 Å². The predicted molar refractivity (Wildman–Crippen MR) is 74.6 cm³/mol. The van der Waals surface area contributed by atoms with Crippen LogP contribution in [0.1, 0.15) is 31.4 Å². The quantitative estimate of drug-likeness (QED) is 0.855. The van der Waals surface area contributed by atoms with Crippen molar-refractivity contribution in [1.29, 1.82) is 0 Å². The van der Waals surface area contributed by atoms with Crippen LogP contribution in [0.15, 0.2) is 14.1 Å². The fraction of sp³-hybridized carbons (Fsp3) is 0.455. The highest BCUT2D eigenvalue weighted by Crippen LogP contribution is 2.22. The zero-order valence-corrected chi connectivity index (χ0v) is 12.5. The van der Waals surface area contributed by atoms with Gasteiger partial charge in [-0.3, -0.25) is 10.1 Å². The van der Waals surface area contributed by atoms with E-state index in [1.165, 1.54) is 23.1 Å². The summed E-state index contributed by atoms with van der Waals surface area (Å²) < 4.78 is 6.17. The lowest BCUT2D eigenvalue weighted by molar-refractivity contribution is -0.113. The molecule has 1 amide bonds. The number of amides is 1. The van der Waals surface area contributed by atoms with Crippen LogP contribution >= 0.6 is 23.1 Å². The van der Waals surface area contributed by atoms with Gasteiger partial charge in [0.05, 0.1) is 5.75 Å². The molecule has 0 aromatic carbocycles. The Kier molecular flexibility index (Phi) is 4.54. The van der Waals surface area contributed by atoms with E-state index in [9.17, 15) is 4.79 Å². The van der Waals surface area contributed by atoms with Crippen LogP contribution in [0.2, 0.25) is 0 Å². The molecule has 102 valence electrons. The molecule has 0 spiro atoms. The van der Waals surface area contributed by atoms with Crippen molar-refractivity contribution in [2.24, 2.45) is 0 Å². The molecule has 0 atom stereocenters. The first-order valence-corrected chi connectivity index (χ1v) is 7.59. The average Bonchev–Trinajstić information content (AvgIpc) is 2.96. The average molecular weight is 298 g/mol. The Morgan fingerprint density at radius 1 is 1.53 bits per heavy atom. The molecule has 0 bridgehead atoms. The highest BCUT2D eigenvalue weighted by molar-refractivity contribution is 8.01. The lowest BCUT2D eigenvalue weighted by Crippen LogP contribution is -2.14. The van der Waals surface area contributed by atoms with E-state index in [1.54, 1.807) is 0 Å². The van der Waals surface area contributed by atoms with Gasteiger partial charge in [0, 0.05) is 17.0 Å². The van der Waals surface area contributed by atoms with E-state index in [1.807, 2.05) is 26.2 Å². The maximum Gasteiger partial charge on any atom is 0.322 e. The molecule has 6 nitrogen and oxygen atoms in total. The molecule has 1 N–H and O–H groups in total. The smallest absolute Gasteiger partial charge is 0.322 e. The van der Waals surface area contributed by atoms with Crippen molar-refractivity contribution in [3.05, 3.63) is 17.0 Å². The van der Waals surface area contributed by atoms with Gasteiger partial charge >= 0.3 is 6.01 Å². The second kappa shape index (κ2) is 6.16. The third kappa shape index (κ3) is 4.03. The zero-order valence-electron chi connectivity index (χ0n) is 10.8. The standard InChI is InChI=1S/C11H14N4O2S2/c1-6(2)9-14-15-10(17-9)13-8(16)5-19-11-12-7(3)4-18-11/h4,6H,5H2,1-3H3,(H,13,15,16). The lowest BCUT2D eigenvalue weighted by Gasteiger charge is -1.98. The number of thioether (sulfide) groups is 1. The Hall–Kier alpha value is -1.41. The Labute approximate surface area is 119 Å². The molecule has 2 rings (SSSR count). The van der Waals surface area contributed by atoms with Gasteiger partial charge in [-0.1, -0.05) is 30.7 Å². The molecule has 2 heterocycles. The summed E-state index contributed by atoms with van der Waals surface area (Å²) >= 11 is 2.91. The summed E-state index contributed by atoms with van der Waals surface area (Å²) in [6.45, 7) is 5.81. The number of nitrogens with zero attached hydrogens (tertiary/aromatic N) is 3. The molecular weight excluding hydrogens is 284 g/mol. The number of nitrogens with one attached hydrogen (secondary N) is 1. The second-order valence-corrected chi connectivity index (χ2v) is 6.27. The molecule has 0 unspecified atom stereocenters. The number of hydrogen-bond donors (Lipinski definition) is 1. The van der Waals surface area contributed by atoms with E-state index in [0.717, 1.165) is 10.0 Å². The normalized spacial score (nSPS) is 10.9. The van der Waals surface area contributed by atoms with Gasteiger partial charge in [-0.2, -0.15) is 0 Å². The Morgan fingerprint density at radius 3 is 2.89 bits per heavy atom. The van der Waals surface area contributed by atoms with Gasteiger partial charge in [0.15, 0.2) is 4.34 Å². The molecule has 2 aromatic heterocycles. The molecule has 0 fully saturated rings. The first-order chi connectivity index (χ1) is 9.04. The number of carbonyl (C=O) groups is 1. The van der Waals surface area contributed by atoms with Crippen molar-refractivity contribution in [3.63, 3.8) is 0 Å². The predicted octanol–water partition coefficient (Wildman–Crippen LogP) is 2.69. The SMILES string of the molecule is Cc1csc(SCC(=O)Nc2nnc(C(C)C)o2)n1. The molecule has 0 aliphatic carbocycles. The third-order valence-corrected chi connectivity index (χ3v) is 4.24. The molecular formula is C11H14N4O2S2. The number of aromatic nitrogens is 3. The number of anilines is 1. The van der Waals surface area contributed by atoms with Crippen molar-refractivity contribution >= 4 is 35.0 Å². The van der Waals surface area contributed by atoms with Crippen molar-refractivity contribution in [2.45, 2.75) is 31.0 Å². The molecule has 2 aromatic rings. The highest BCUT2D eigenvalue weighted by atomic mass is 32.2. The maximum atomic E-state index is 11.7. The van der Waals surface area contributed by atoms with Gasteiger partial charge in [-0.05, 0) is 6.92 Å². The Balaban J connectivity index is 1.83. The summed E-state index contributed by atoms with van der Waals surface area (Å²) in [4.78, 5) is 16.0. The second-order valence-electron chi connectivity index (χ2n) is 4.19. The van der Waals surface area contributed by atoms with E-state index in [0.29, 0.717) is 5.89 Å². The summed E-state index contributed by atoms with van der Waals surface area (Å²) in [7, 11) is 0. The van der Waals surface area contributed by atoms with E-state index < -0.39 is 0 Å². The number of hydrogen-bond acceptors (Lipinski definition) is 7. The zero-order chi connectivity index (χ0) is 13.8. The molecule has 0 radical (unpaired) electrons. The summed E-state index contributed by atoms with van der Waals surface area (Å²) in [6.07, 6.45) is 0. The minimum Gasteiger partial charge on any atom is -0.408 e. The number of carbonyl (C=O) groups excluding carboxylic acids is 1. The molecule has 19 heavy (non-hydrogen) atoms. The van der Waals surface area contributed by atoms with Gasteiger partial charge in [0.1, 0.15) is 0 Å². The summed E-state index contributed by atoms with van der Waals surface area (Å²) in [5.41, 5.74) is 0.964. The van der Waals surface area contributed by atoms with Crippen molar-refractivity contribution < 1.29 is 9.21 Å². The van der Waals surface area contributed by atoms with Crippen LogP contribution in [0, 0.1) is 6.92 Å². The van der Waals surface area contributed by atoms with Crippen LogP contribution in [0.4, 0.5) is 6.01 Å². The van der Waals surface area contributed by atoms with Crippen molar-refractivity contribution in [1.82, 2.24) is 15.2 Å². The van der Waals surface area contributed by atoms with E-state index in [4.69, 9.17) is 4.42 Å². The minimum atomic E-state index is -0.184. The van der Waals surface area contributed by atoms with Crippen LogP contribution < -0.4 is 5.32 Å². The number of thiazole rings is 1. The molecule has 0 saturated heterocycles. The van der Waals surface area contributed by atoms with E-state index >= 15 is 0 Å². The van der Waals surface area contributed by atoms with Crippen LogP contribution in [-0.4, -0.2) is 26.8 Å².